The molecule has 0 unspecified atom stereocenters. The highest BCUT2D eigenvalue weighted by atomic mass is 19.4. The molecule has 0 radical (unpaired) electrons. The molecule has 0 atom stereocenters. The molecule has 0 bridgehead atoms. The quantitative estimate of drug-likeness (QED) is 0.718. The summed E-state index contributed by atoms with van der Waals surface area (Å²) in [7, 11) is 0. The lowest BCUT2D eigenvalue weighted by Gasteiger charge is -2.04. The number of halogens is 3. The summed E-state index contributed by atoms with van der Waals surface area (Å²) < 4.78 is 35.8. The van der Waals surface area contributed by atoms with Gasteiger partial charge < -0.3 is 11.1 Å². The first-order chi connectivity index (χ1) is 6.39. The maximum absolute atomic E-state index is 11.9. The van der Waals surface area contributed by atoms with Gasteiger partial charge in [-0.25, -0.2) is 14.8 Å². The van der Waals surface area contributed by atoms with Crippen LogP contribution < -0.4 is 11.1 Å². The fourth-order valence-corrected chi connectivity index (χ4v) is 0.681. The average Bonchev–Trinajstić information content (AvgIpc) is 2.02. The zero-order valence-corrected chi connectivity index (χ0v) is 6.67. The Bertz CT molecular complexity index is 334. The molecule has 0 aliphatic carbocycles. The maximum atomic E-state index is 11.9. The molecule has 0 aliphatic heterocycles. The second-order valence-electron chi connectivity index (χ2n) is 2.28. The number of primary amides is 1. The zero-order chi connectivity index (χ0) is 10.8. The minimum atomic E-state index is -4.59. The number of amides is 2. The summed E-state index contributed by atoms with van der Waals surface area (Å²) >= 11 is 0. The number of carbonyl (C=O) groups is 1. The minimum Gasteiger partial charge on any atom is -0.351 e. The molecule has 76 valence electrons. The van der Waals surface area contributed by atoms with Crippen molar-refractivity contribution >= 4 is 11.7 Å². The van der Waals surface area contributed by atoms with Gasteiger partial charge in [0.15, 0.2) is 0 Å². The van der Waals surface area contributed by atoms with Crippen molar-refractivity contribution in [1.29, 1.82) is 0 Å². The Hall–Kier alpha value is -1.86. The van der Waals surface area contributed by atoms with E-state index in [1.54, 1.807) is 0 Å². The van der Waals surface area contributed by atoms with Crippen molar-refractivity contribution in [3.05, 3.63) is 18.2 Å². The van der Waals surface area contributed by atoms with Gasteiger partial charge in [-0.15, -0.1) is 0 Å². The number of nitrogens with one attached hydrogen (secondary N) is 1. The Morgan fingerprint density at radius 2 is 1.86 bits per heavy atom. The lowest BCUT2D eigenvalue weighted by molar-refractivity contribution is -0.144. The van der Waals surface area contributed by atoms with Gasteiger partial charge in [0, 0.05) is 0 Å². The van der Waals surface area contributed by atoms with Crippen LogP contribution in [0.3, 0.4) is 0 Å². The highest BCUT2D eigenvalue weighted by Crippen LogP contribution is 2.25. The fraction of sp³-hybridized carbons (Fsp3) is 0.167. The van der Waals surface area contributed by atoms with E-state index in [1.165, 1.54) is 0 Å². The standard InChI is InChI=1S/C6H5F3N4O/c7-6(8,9)4-11-1-3(2-12-4)13-5(10)14/h1-2H,(H3,10,13,14). The molecule has 1 aromatic rings. The molecule has 0 saturated carbocycles. The van der Waals surface area contributed by atoms with Crippen LogP contribution >= 0.6 is 0 Å². The first kappa shape index (κ1) is 10.2. The van der Waals surface area contributed by atoms with E-state index in [4.69, 9.17) is 5.73 Å². The number of urea groups is 1. The van der Waals surface area contributed by atoms with Gasteiger partial charge >= 0.3 is 12.2 Å². The van der Waals surface area contributed by atoms with Crippen molar-refractivity contribution in [3.63, 3.8) is 0 Å². The molecule has 0 spiro atoms. The van der Waals surface area contributed by atoms with E-state index in [2.05, 4.69) is 9.97 Å². The van der Waals surface area contributed by atoms with Gasteiger partial charge in [0.2, 0.25) is 5.82 Å². The highest BCUT2D eigenvalue weighted by molar-refractivity contribution is 5.87. The van der Waals surface area contributed by atoms with Crippen molar-refractivity contribution < 1.29 is 18.0 Å². The predicted octanol–water partition coefficient (Wildman–Crippen LogP) is 0.986. The monoisotopic (exact) mass is 206 g/mol. The van der Waals surface area contributed by atoms with E-state index in [0.29, 0.717) is 0 Å². The molecule has 5 nitrogen and oxygen atoms in total. The number of hydrogen-bond acceptors (Lipinski definition) is 3. The number of aromatic nitrogens is 2. The van der Waals surface area contributed by atoms with E-state index < -0.39 is 18.0 Å². The molecule has 1 heterocycles. The third-order valence-corrected chi connectivity index (χ3v) is 1.17. The van der Waals surface area contributed by atoms with E-state index in [0.717, 1.165) is 12.4 Å². The minimum absolute atomic E-state index is 0.00509. The van der Waals surface area contributed by atoms with Crippen molar-refractivity contribution in [1.82, 2.24) is 9.97 Å². The summed E-state index contributed by atoms with van der Waals surface area (Å²) in [5, 5.41) is 2.03. The van der Waals surface area contributed by atoms with Crippen LogP contribution in [0.15, 0.2) is 12.4 Å². The molecular formula is C6H5F3N4O. The van der Waals surface area contributed by atoms with Crippen LogP contribution in [0, 0.1) is 0 Å². The molecule has 3 N–H and O–H groups in total. The number of nitrogens with zero attached hydrogens (tertiary/aromatic N) is 2. The second-order valence-corrected chi connectivity index (χ2v) is 2.28. The molecule has 2 amide bonds. The van der Waals surface area contributed by atoms with Crippen LogP contribution in [0.4, 0.5) is 23.7 Å². The molecular weight excluding hydrogens is 201 g/mol. The Labute approximate surface area is 76.1 Å². The summed E-state index contributed by atoms with van der Waals surface area (Å²) in [6, 6.07) is -0.895. The van der Waals surface area contributed by atoms with Crippen LogP contribution in [0.1, 0.15) is 5.82 Å². The highest BCUT2D eigenvalue weighted by Gasteiger charge is 2.34. The van der Waals surface area contributed by atoms with Gasteiger partial charge in [0.05, 0.1) is 18.1 Å². The number of nitrogens with two attached hydrogens (primary N) is 1. The normalized spacial score (nSPS) is 11.1. The number of carbonyl (C=O) groups excluding carboxylic acids is 1. The molecule has 0 saturated heterocycles. The summed E-state index contributed by atoms with van der Waals surface area (Å²) in [5.41, 5.74) is 4.73. The SMILES string of the molecule is NC(=O)Nc1cnc(C(F)(F)F)nc1. The van der Waals surface area contributed by atoms with Gasteiger partial charge in [0.25, 0.3) is 0 Å². The Kier molecular flexibility index (Phi) is 2.54. The molecule has 0 aromatic carbocycles. The second kappa shape index (κ2) is 3.48. The van der Waals surface area contributed by atoms with Crippen molar-refractivity contribution in [2.75, 3.05) is 5.32 Å². The van der Waals surface area contributed by atoms with Crippen molar-refractivity contribution in [2.24, 2.45) is 5.73 Å². The first-order valence-electron chi connectivity index (χ1n) is 3.35. The van der Waals surface area contributed by atoms with E-state index in [9.17, 15) is 18.0 Å². The first-order valence-corrected chi connectivity index (χ1v) is 3.35. The largest absolute Gasteiger partial charge is 0.451 e. The predicted molar refractivity (Wildman–Crippen MR) is 40.2 cm³/mol. The third kappa shape index (κ3) is 2.57. The maximum Gasteiger partial charge on any atom is 0.451 e. The number of hydrogen-bond donors (Lipinski definition) is 2. The smallest absolute Gasteiger partial charge is 0.351 e. The van der Waals surface area contributed by atoms with E-state index in [1.807, 2.05) is 5.32 Å². The van der Waals surface area contributed by atoms with Gasteiger partial charge in [-0.05, 0) is 0 Å². The molecule has 0 fully saturated rings. The summed E-state index contributed by atoms with van der Waals surface area (Å²) in [4.78, 5) is 16.3. The average molecular weight is 206 g/mol. The number of anilines is 1. The topological polar surface area (TPSA) is 80.9 Å². The number of alkyl halides is 3. The summed E-state index contributed by atoms with van der Waals surface area (Å²) in [5.74, 6) is -1.27. The van der Waals surface area contributed by atoms with Crippen molar-refractivity contribution in [2.45, 2.75) is 6.18 Å². The van der Waals surface area contributed by atoms with E-state index >= 15 is 0 Å². The number of rotatable bonds is 1. The lowest BCUT2D eigenvalue weighted by atomic mass is 10.5. The summed E-state index contributed by atoms with van der Waals surface area (Å²) in [6.45, 7) is 0. The lowest BCUT2D eigenvalue weighted by Crippen LogP contribution is -2.20. The van der Waals surface area contributed by atoms with Gasteiger partial charge in [0.1, 0.15) is 0 Å². The van der Waals surface area contributed by atoms with Crippen molar-refractivity contribution in [3.8, 4) is 0 Å². The zero-order valence-electron chi connectivity index (χ0n) is 6.67. The van der Waals surface area contributed by atoms with Crippen LogP contribution in [-0.4, -0.2) is 16.0 Å². The van der Waals surface area contributed by atoms with Crippen LogP contribution in [0.25, 0.3) is 0 Å². The Morgan fingerprint density at radius 3 is 2.21 bits per heavy atom. The van der Waals surface area contributed by atoms with Crippen LogP contribution in [0.5, 0.6) is 0 Å². The third-order valence-electron chi connectivity index (χ3n) is 1.17. The van der Waals surface area contributed by atoms with Gasteiger partial charge in [-0.3, -0.25) is 0 Å². The fourth-order valence-electron chi connectivity index (χ4n) is 0.681. The molecule has 1 rings (SSSR count). The van der Waals surface area contributed by atoms with Crippen LogP contribution in [0.2, 0.25) is 0 Å². The molecule has 0 aliphatic rings. The van der Waals surface area contributed by atoms with Gasteiger partial charge in [-0.2, -0.15) is 13.2 Å². The Morgan fingerprint density at radius 1 is 1.36 bits per heavy atom. The Balaban J connectivity index is 2.84. The molecule has 8 heteroatoms. The van der Waals surface area contributed by atoms with E-state index in [-0.39, 0.29) is 5.69 Å². The summed E-state index contributed by atoms with van der Waals surface area (Å²) in [6.07, 6.45) is -2.95. The molecule has 1 aromatic heterocycles. The van der Waals surface area contributed by atoms with Gasteiger partial charge in [-0.1, -0.05) is 0 Å². The molecule has 14 heavy (non-hydrogen) atoms. The van der Waals surface area contributed by atoms with Crippen LogP contribution in [-0.2, 0) is 6.18 Å².